The molecule has 0 saturated carbocycles. The van der Waals surface area contributed by atoms with E-state index in [0.29, 0.717) is 18.0 Å². The van der Waals surface area contributed by atoms with E-state index in [-0.39, 0.29) is 29.1 Å². The summed E-state index contributed by atoms with van der Waals surface area (Å²) in [6, 6.07) is 0. The van der Waals surface area contributed by atoms with Crippen molar-refractivity contribution in [2.45, 2.75) is 19.8 Å². The molecule has 24 heavy (non-hydrogen) atoms. The fraction of sp³-hybridized carbons (Fsp3) is 0.286. The Labute approximate surface area is 147 Å². The molecular formula is C14H14Cl2N4O4. The monoisotopic (exact) mass is 372 g/mol. The molecule has 0 fully saturated rings. The van der Waals surface area contributed by atoms with Gasteiger partial charge >= 0.3 is 11.9 Å². The standard InChI is InChI=1S/C8H9ClN2O2.C6H5ClN2O2/c1-2-13-7(12)5-6-8(9)11-4-3-10-6;7-6-4(3-5(10)11)8-1-2-9-6/h3-4H,2,5H2,1H3;1-2H,3H2,(H,10,11). The molecule has 0 amide bonds. The van der Waals surface area contributed by atoms with Crippen molar-refractivity contribution in [1.82, 2.24) is 19.9 Å². The Balaban J connectivity index is 0.000000243. The Bertz CT molecular complexity index is 700. The molecule has 0 aliphatic heterocycles. The molecule has 2 aromatic rings. The number of ether oxygens (including phenoxy) is 1. The summed E-state index contributed by atoms with van der Waals surface area (Å²) in [5.41, 5.74) is 0.740. The van der Waals surface area contributed by atoms with Gasteiger partial charge in [-0.15, -0.1) is 0 Å². The van der Waals surface area contributed by atoms with Gasteiger partial charge in [-0.05, 0) is 6.92 Å². The number of aromatic nitrogens is 4. The molecule has 0 radical (unpaired) electrons. The minimum Gasteiger partial charge on any atom is -0.481 e. The summed E-state index contributed by atoms with van der Waals surface area (Å²) in [5, 5.41) is 8.76. The van der Waals surface area contributed by atoms with Crippen LogP contribution in [-0.2, 0) is 27.2 Å². The van der Waals surface area contributed by atoms with Crippen molar-refractivity contribution in [1.29, 1.82) is 0 Å². The van der Waals surface area contributed by atoms with Crippen LogP contribution in [0.4, 0.5) is 0 Å². The molecule has 0 aliphatic carbocycles. The van der Waals surface area contributed by atoms with Crippen LogP contribution in [0.2, 0.25) is 10.3 Å². The van der Waals surface area contributed by atoms with Gasteiger partial charge in [0.15, 0.2) is 10.3 Å². The number of nitrogens with zero attached hydrogens (tertiary/aromatic N) is 4. The largest absolute Gasteiger partial charge is 0.481 e. The molecule has 0 unspecified atom stereocenters. The van der Waals surface area contributed by atoms with Crippen molar-refractivity contribution in [3.63, 3.8) is 0 Å². The molecule has 0 bridgehead atoms. The topological polar surface area (TPSA) is 115 Å². The second-order valence-electron chi connectivity index (χ2n) is 4.14. The fourth-order valence-corrected chi connectivity index (χ4v) is 1.77. The third kappa shape index (κ3) is 7.30. The van der Waals surface area contributed by atoms with E-state index in [9.17, 15) is 9.59 Å². The first kappa shape index (κ1) is 19.7. The Kier molecular flexibility index (Phi) is 8.59. The van der Waals surface area contributed by atoms with Gasteiger partial charge < -0.3 is 9.84 Å². The maximum atomic E-state index is 11.0. The summed E-state index contributed by atoms with van der Waals surface area (Å²) in [6.45, 7) is 2.10. The highest BCUT2D eigenvalue weighted by Crippen LogP contribution is 2.09. The zero-order valence-corrected chi connectivity index (χ0v) is 14.2. The smallest absolute Gasteiger partial charge is 0.311 e. The molecule has 8 nitrogen and oxygen atoms in total. The average Bonchev–Trinajstić information content (AvgIpc) is 2.52. The molecule has 2 rings (SSSR count). The summed E-state index contributed by atoms with van der Waals surface area (Å²) in [6.07, 6.45) is 5.66. The zero-order chi connectivity index (χ0) is 17.9. The lowest BCUT2D eigenvalue weighted by Crippen LogP contribution is -2.09. The zero-order valence-electron chi connectivity index (χ0n) is 12.6. The lowest BCUT2D eigenvalue weighted by molar-refractivity contribution is -0.142. The normalized spacial score (nSPS) is 9.62. The van der Waals surface area contributed by atoms with Crippen LogP contribution in [0.3, 0.4) is 0 Å². The van der Waals surface area contributed by atoms with E-state index in [0.717, 1.165) is 0 Å². The van der Waals surface area contributed by atoms with E-state index in [1.54, 1.807) is 6.92 Å². The van der Waals surface area contributed by atoms with E-state index >= 15 is 0 Å². The van der Waals surface area contributed by atoms with Crippen LogP contribution < -0.4 is 0 Å². The number of aliphatic carboxylic acids is 1. The minimum atomic E-state index is -0.965. The highest BCUT2D eigenvalue weighted by molar-refractivity contribution is 6.30. The van der Waals surface area contributed by atoms with Gasteiger partial charge in [-0.1, -0.05) is 23.2 Å². The van der Waals surface area contributed by atoms with Gasteiger partial charge in [0.25, 0.3) is 0 Å². The molecular weight excluding hydrogens is 359 g/mol. The molecule has 0 spiro atoms. The van der Waals surface area contributed by atoms with Gasteiger partial charge in [0.1, 0.15) is 0 Å². The van der Waals surface area contributed by atoms with Crippen molar-refractivity contribution < 1.29 is 19.4 Å². The lowest BCUT2D eigenvalue weighted by atomic mass is 10.3. The van der Waals surface area contributed by atoms with Crippen LogP contribution in [0.25, 0.3) is 0 Å². The number of hydrogen-bond acceptors (Lipinski definition) is 7. The number of carbonyl (C=O) groups excluding carboxylic acids is 1. The van der Waals surface area contributed by atoms with Gasteiger partial charge in [-0.3, -0.25) is 19.6 Å². The summed E-state index contributed by atoms with van der Waals surface area (Å²) >= 11 is 11.2. The Morgan fingerprint density at radius 1 is 0.958 bits per heavy atom. The molecule has 0 aromatic carbocycles. The van der Waals surface area contributed by atoms with Crippen LogP contribution in [0.5, 0.6) is 0 Å². The number of carboxylic acids is 1. The average molecular weight is 373 g/mol. The number of carbonyl (C=O) groups is 2. The second kappa shape index (κ2) is 10.5. The van der Waals surface area contributed by atoms with Gasteiger partial charge in [-0.2, -0.15) is 0 Å². The summed E-state index contributed by atoms with van der Waals surface area (Å²) in [5.74, 6) is -1.31. The maximum absolute atomic E-state index is 11.0. The van der Waals surface area contributed by atoms with E-state index in [1.165, 1.54) is 24.8 Å². The fourth-order valence-electron chi connectivity index (χ4n) is 1.43. The Morgan fingerprint density at radius 2 is 1.42 bits per heavy atom. The van der Waals surface area contributed by atoms with Crippen LogP contribution in [0.15, 0.2) is 24.8 Å². The van der Waals surface area contributed by atoms with Crippen molar-refractivity contribution in [3.8, 4) is 0 Å². The van der Waals surface area contributed by atoms with E-state index < -0.39 is 5.97 Å². The predicted octanol–water partition coefficient (Wildman–Crippen LogP) is 1.99. The molecule has 2 aromatic heterocycles. The van der Waals surface area contributed by atoms with Crippen LogP contribution in [-0.4, -0.2) is 43.6 Å². The number of carboxylic acid groups (broad SMARTS) is 1. The molecule has 0 aliphatic rings. The number of esters is 1. The predicted molar refractivity (Wildman–Crippen MR) is 85.8 cm³/mol. The molecule has 0 saturated heterocycles. The number of halogens is 2. The van der Waals surface area contributed by atoms with E-state index in [4.69, 9.17) is 33.0 Å². The highest BCUT2D eigenvalue weighted by atomic mass is 35.5. The summed E-state index contributed by atoms with van der Waals surface area (Å²) < 4.78 is 4.74. The van der Waals surface area contributed by atoms with Crippen LogP contribution >= 0.6 is 23.2 Å². The van der Waals surface area contributed by atoms with Gasteiger partial charge in [0, 0.05) is 24.8 Å². The summed E-state index contributed by atoms with van der Waals surface area (Å²) in [4.78, 5) is 36.3. The number of hydrogen-bond donors (Lipinski definition) is 1. The third-order valence-corrected chi connectivity index (χ3v) is 3.01. The van der Waals surface area contributed by atoms with Crippen LogP contribution in [0, 0.1) is 0 Å². The van der Waals surface area contributed by atoms with E-state index in [2.05, 4.69) is 19.9 Å². The quantitative estimate of drug-likeness (QED) is 0.792. The molecule has 128 valence electrons. The maximum Gasteiger partial charge on any atom is 0.311 e. The SMILES string of the molecule is CCOC(=O)Cc1nccnc1Cl.O=C(O)Cc1nccnc1Cl. The summed E-state index contributed by atoms with van der Waals surface area (Å²) in [7, 11) is 0. The molecule has 10 heteroatoms. The van der Waals surface area contributed by atoms with Crippen molar-refractivity contribution >= 4 is 35.1 Å². The van der Waals surface area contributed by atoms with Crippen LogP contribution in [0.1, 0.15) is 18.3 Å². The Morgan fingerprint density at radius 3 is 1.83 bits per heavy atom. The first-order valence-electron chi connectivity index (χ1n) is 6.72. The molecule has 0 atom stereocenters. The van der Waals surface area contributed by atoms with Crippen molar-refractivity contribution in [3.05, 3.63) is 46.5 Å². The number of rotatable bonds is 5. The van der Waals surface area contributed by atoms with Gasteiger partial charge in [-0.25, -0.2) is 9.97 Å². The lowest BCUT2D eigenvalue weighted by Gasteiger charge is -2.01. The van der Waals surface area contributed by atoms with Crippen molar-refractivity contribution in [2.24, 2.45) is 0 Å². The minimum absolute atomic E-state index is 0.0700. The van der Waals surface area contributed by atoms with Gasteiger partial charge in [0.2, 0.25) is 0 Å². The highest BCUT2D eigenvalue weighted by Gasteiger charge is 2.09. The van der Waals surface area contributed by atoms with Crippen molar-refractivity contribution in [2.75, 3.05) is 6.61 Å². The first-order chi connectivity index (χ1) is 11.4. The molecule has 2 heterocycles. The van der Waals surface area contributed by atoms with Gasteiger partial charge in [0.05, 0.1) is 30.8 Å². The third-order valence-electron chi connectivity index (χ3n) is 2.38. The van der Waals surface area contributed by atoms with E-state index in [1.807, 2.05) is 0 Å². The Hall–Kier alpha value is -2.32. The molecule has 1 N–H and O–H groups in total. The first-order valence-corrected chi connectivity index (χ1v) is 7.47. The second-order valence-corrected chi connectivity index (χ2v) is 4.86.